The fourth-order valence-corrected chi connectivity index (χ4v) is 17.4. The normalized spacial score (nSPS) is 32.7. The number of carbonyl (C=O) groups is 2. The van der Waals surface area contributed by atoms with Crippen molar-refractivity contribution in [2.75, 3.05) is 72.1 Å². The molecule has 7 heterocycles. The summed E-state index contributed by atoms with van der Waals surface area (Å²) in [6.07, 6.45) is 5.20. The molecule has 6 aliphatic rings. The molecule has 1 spiro atoms. The average molecular weight is 1030 g/mol. The van der Waals surface area contributed by atoms with E-state index in [0.29, 0.717) is 93.9 Å². The lowest BCUT2D eigenvalue weighted by molar-refractivity contribution is -0.203. The van der Waals surface area contributed by atoms with Crippen molar-refractivity contribution in [1.82, 2.24) is 25.1 Å². The highest BCUT2D eigenvalue weighted by molar-refractivity contribution is 7.54. The molecular weight excluding hydrogens is 960 g/mol. The van der Waals surface area contributed by atoms with E-state index in [9.17, 15) is 15.3 Å². The first-order valence-electron chi connectivity index (χ1n) is 26.7. The molecule has 74 heavy (non-hydrogen) atoms. The molecule has 3 fully saturated rings. The lowest BCUT2D eigenvalue weighted by atomic mass is 9.47. The number of hydrogen-bond donors (Lipinski definition) is 6. The molecule has 6 N–H and O–H groups in total. The van der Waals surface area contributed by atoms with Crippen LogP contribution in [0.4, 0.5) is 5.69 Å². The summed E-state index contributed by atoms with van der Waals surface area (Å²) >= 11 is 0. The van der Waals surface area contributed by atoms with Crippen molar-refractivity contribution >= 4 is 47.0 Å². The number of likely N-dealkylation sites (N-methyl/N-ethyl adjacent to an activating group) is 1. The Morgan fingerprint density at radius 2 is 1.65 bits per heavy atom. The summed E-state index contributed by atoms with van der Waals surface area (Å²) in [5, 5.41) is 44.5. The Hall–Kier alpha value is -5.03. The lowest BCUT2D eigenvalue weighted by Crippen LogP contribution is -2.82. The monoisotopic (exact) mass is 1030 g/mol. The number of para-hydroxylation sites is 2. The first-order valence-corrected chi connectivity index (χ1v) is 28.3. The topological polar surface area (TPSA) is 202 Å². The van der Waals surface area contributed by atoms with Gasteiger partial charge in [0.25, 0.3) is 5.91 Å². The number of aromatic amines is 2. The molecule has 2 aromatic heterocycles. The molecule has 3 unspecified atom stereocenters. The van der Waals surface area contributed by atoms with E-state index in [4.69, 9.17) is 18.5 Å². The van der Waals surface area contributed by atoms with Crippen LogP contribution >= 0.6 is 7.60 Å². The molecule has 2 saturated heterocycles. The molecule has 5 aromatic rings. The van der Waals surface area contributed by atoms with Crippen LogP contribution in [0.25, 0.3) is 21.8 Å². The van der Waals surface area contributed by atoms with Crippen LogP contribution < -0.4 is 15.0 Å². The highest BCUT2D eigenvalue weighted by Gasteiger charge is 2.79. The third-order valence-corrected chi connectivity index (χ3v) is 20.8. The number of nitrogens with one attached hydrogen (secondary N) is 3. The Labute approximate surface area is 433 Å². The van der Waals surface area contributed by atoms with Crippen molar-refractivity contribution in [2.24, 2.45) is 11.3 Å². The van der Waals surface area contributed by atoms with Crippen molar-refractivity contribution in [2.45, 2.75) is 119 Å². The maximum absolute atomic E-state index is 16.0. The van der Waals surface area contributed by atoms with Crippen molar-refractivity contribution in [3.63, 3.8) is 0 Å². The Balaban J connectivity index is 1.12. The number of anilines is 1. The van der Waals surface area contributed by atoms with E-state index in [1.165, 1.54) is 7.11 Å². The predicted octanol–water partition coefficient (Wildman–Crippen LogP) is 6.68. The summed E-state index contributed by atoms with van der Waals surface area (Å²) in [4.78, 5) is 45.4. The summed E-state index contributed by atoms with van der Waals surface area (Å²) in [6, 6.07) is 20.3. The second-order valence-electron chi connectivity index (χ2n) is 22.1. The molecule has 5 aliphatic heterocycles. The van der Waals surface area contributed by atoms with Gasteiger partial charge in [-0.2, -0.15) is 0 Å². The van der Waals surface area contributed by atoms with Gasteiger partial charge in [0.1, 0.15) is 23.1 Å². The SMILES string of the molecule is CCOP(=O)(OCC)[C@@H](Cc1cc2ccccc2[nH]1)NC(=O)[C@]1(O)[C@@H]2N(C)c3cc(OC)c([C@@]4(C(=O)OC)C[C@H]5CN(CCc6c4[nH]c4ccccc64)C[C@](O)(CC)C5)cc3C23CCN2CC=C[C@](CC)(C23)[C@H]1O. The van der Waals surface area contributed by atoms with E-state index >= 15 is 14.2 Å². The Morgan fingerprint density at radius 3 is 2.35 bits per heavy atom. The van der Waals surface area contributed by atoms with Gasteiger partial charge in [-0.15, -0.1) is 0 Å². The lowest BCUT2D eigenvalue weighted by Gasteiger charge is -2.63. The van der Waals surface area contributed by atoms with Crippen molar-refractivity contribution < 1.29 is 48.0 Å². The standard InChI is InChI=1S/C57H73N6O10P/c1-8-53(67)31-35-32-56(52(66)71-7,47-39(21-25-62(33-35)34-53)38-18-13-15-20-43(38)59-47)41-29-40-44(30-45(41)70-6)61(5)49-55(40)23-26-63-24-16-22-54(9-2,48(55)63)50(64)57(49,68)51(65)60-46(74(69,72-10-3)73-11-4)28-37-27-36-17-12-14-19-42(36)58-37/h12-20,22,27,29-30,35,46,48-50,58-59,64,67-68H,8-11,21,23-26,28,31-34H2,1-7H3,(H,60,65)/t35-,46-,48?,49+,50+,53-,54+,55?,56-,57-/m0/s1. The number of carbonyl (C=O) groups excluding carboxylic acids is 2. The second kappa shape index (κ2) is 18.6. The smallest absolute Gasteiger partial charge is 0.353 e. The number of esters is 1. The number of rotatable bonds is 14. The number of aromatic nitrogens is 2. The molecule has 3 aromatic carbocycles. The van der Waals surface area contributed by atoms with Gasteiger partial charge in [0.2, 0.25) is 0 Å². The highest BCUT2D eigenvalue weighted by atomic mass is 31.2. The summed E-state index contributed by atoms with van der Waals surface area (Å²) < 4.78 is 39.5. The Kier molecular flexibility index (Phi) is 12.9. The van der Waals surface area contributed by atoms with Gasteiger partial charge in [-0.25, -0.2) is 0 Å². The number of methoxy groups -OCH3 is 2. The molecule has 1 aliphatic carbocycles. The molecule has 16 nitrogen and oxygen atoms in total. The first kappa shape index (κ1) is 51.1. The van der Waals surface area contributed by atoms with Crippen LogP contribution in [0.1, 0.15) is 87.9 Å². The molecule has 2 bridgehead atoms. The van der Waals surface area contributed by atoms with Crippen LogP contribution in [-0.4, -0.2) is 149 Å². The number of ether oxygens (including phenoxy) is 2. The first-order chi connectivity index (χ1) is 35.5. The molecule has 1 saturated carbocycles. The number of nitrogens with zero attached hydrogens (tertiary/aromatic N) is 3. The van der Waals surface area contributed by atoms with E-state index in [1.54, 1.807) is 21.0 Å². The number of amides is 1. The highest BCUT2D eigenvalue weighted by Crippen LogP contribution is 2.68. The number of aliphatic hydroxyl groups is 3. The van der Waals surface area contributed by atoms with Crippen LogP contribution in [0.3, 0.4) is 0 Å². The van der Waals surface area contributed by atoms with Crippen LogP contribution in [0.15, 0.2) is 78.9 Å². The molecule has 1 amide bonds. The maximum atomic E-state index is 16.0. The number of H-pyrrole nitrogens is 2. The van der Waals surface area contributed by atoms with Gasteiger partial charge in [0.05, 0.1) is 39.1 Å². The van der Waals surface area contributed by atoms with Crippen LogP contribution in [0, 0.1) is 11.3 Å². The van der Waals surface area contributed by atoms with Gasteiger partial charge >= 0.3 is 13.6 Å². The minimum absolute atomic E-state index is 0.00526. The van der Waals surface area contributed by atoms with E-state index in [-0.39, 0.29) is 25.6 Å². The van der Waals surface area contributed by atoms with Crippen molar-refractivity contribution in [3.8, 4) is 5.75 Å². The van der Waals surface area contributed by atoms with Crippen LogP contribution in [0.2, 0.25) is 0 Å². The van der Waals surface area contributed by atoms with E-state index in [0.717, 1.165) is 38.6 Å². The quantitative estimate of drug-likeness (QED) is 0.0391. The third kappa shape index (κ3) is 7.29. The molecule has 396 valence electrons. The van der Waals surface area contributed by atoms with Crippen LogP contribution in [0.5, 0.6) is 5.75 Å². The predicted molar refractivity (Wildman–Crippen MR) is 284 cm³/mol. The minimum atomic E-state index is -4.14. The fourth-order valence-electron chi connectivity index (χ4n) is 15.6. The zero-order valence-electron chi connectivity index (χ0n) is 43.8. The Bertz CT molecular complexity index is 3040. The van der Waals surface area contributed by atoms with E-state index in [2.05, 4.69) is 37.2 Å². The van der Waals surface area contributed by atoms with Gasteiger partial charge in [-0.1, -0.05) is 62.4 Å². The molecule has 11 rings (SSSR count). The Morgan fingerprint density at radius 1 is 0.905 bits per heavy atom. The van der Waals surface area contributed by atoms with Crippen molar-refractivity contribution in [3.05, 3.63) is 107 Å². The number of hydrogen-bond acceptors (Lipinski definition) is 13. The number of benzene rings is 3. The fraction of sp³-hybridized carbons (Fsp3) is 0.544. The number of aliphatic hydroxyl groups excluding tert-OH is 1. The minimum Gasteiger partial charge on any atom is -0.496 e. The largest absolute Gasteiger partial charge is 0.496 e. The second-order valence-corrected chi connectivity index (χ2v) is 24.3. The number of fused-ring (bicyclic) bond motifs is 7. The molecule has 11 atom stereocenters. The third-order valence-electron chi connectivity index (χ3n) is 18.5. The van der Waals surface area contributed by atoms with Gasteiger partial charge in [-0.05, 0) is 106 Å². The maximum Gasteiger partial charge on any atom is 0.353 e. The number of piperidine rings is 1. The van der Waals surface area contributed by atoms with Crippen LogP contribution in [-0.2, 0) is 51.6 Å². The van der Waals surface area contributed by atoms with Gasteiger partial charge < -0.3 is 54.0 Å². The summed E-state index contributed by atoms with van der Waals surface area (Å²) in [7, 11) is 0.730. The van der Waals surface area contributed by atoms with E-state index < -0.39 is 70.9 Å². The zero-order chi connectivity index (χ0) is 52.2. The zero-order valence-corrected chi connectivity index (χ0v) is 44.7. The molecule has 0 radical (unpaired) electrons. The average Bonchev–Trinajstić information content (AvgIpc) is 4.20. The van der Waals surface area contributed by atoms with Crippen molar-refractivity contribution in [1.29, 1.82) is 0 Å². The molecule has 17 heteroatoms. The van der Waals surface area contributed by atoms with Gasteiger partial charge in [0, 0.05) is 102 Å². The van der Waals surface area contributed by atoms with Gasteiger partial charge in [0.15, 0.2) is 5.60 Å². The van der Waals surface area contributed by atoms with Gasteiger partial charge in [-0.3, -0.25) is 24.0 Å². The summed E-state index contributed by atoms with van der Waals surface area (Å²) in [5.41, 5.74) is -0.987. The summed E-state index contributed by atoms with van der Waals surface area (Å²) in [5.74, 6) is -2.37. The van der Waals surface area contributed by atoms with E-state index in [1.807, 2.05) is 92.5 Å². The molecular formula is C57H73N6O10P. The summed E-state index contributed by atoms with van der Waals surface area (Å²) in [6.45, 7) is 10.6.